The molecule has 4 aromatic rings. The fourth-order valence-electron chi connectivity index (χ4n) is 4.48. The lowest BCUT2D eigenvalue weighted by atomic mass is 9.96. The van der Waals surface area contributed by atoms with Crippen molar-refractivity contribution in [2.24, 2.45) is 5.73 Å². The first kappa shape index (κ1) is 30.1. The average Bonchev–Trinajstić information content (AvgIpc) is 3.22. The monoisotopic (exact) mass is 536 g/mol. The highest BCUT2D eigenvalue weighted by atomic mass is 16.5. The van der Waals surface area contributed by atoms with Crippen molar-refractivity contribution >= 4 is 33.7 Å². The van der Waals surface area contributed by atoms with Crippen molar-refractivity contribution in [3.05, 3.63) is 53.6 Å². The number of aliphatic hydroxyl groups excluding tert-OH is 1. The van der Waals surface area contributed by atoms with Gasteiger partial charge in [-0.05, 0) is 56.4 Å². The van der Waals surface area contributed by atoms with Crippen LogP contribution in [0.25, 0.3) is 21.9 Å². The topological polar surface area (TPSA) is 133 Å². The van der Waals surface area contributed by atoms with Crippen LogP contribution in [-0.4, -0.2) is 53.1 Å². The molecular formula is C30H44N6O3. The second-order valence-corrected chi connectivity index (χ2v) is 9.47. The fraction of sp³-hybridized carbons (Fsp3) is 0.467. The van der Waals surface area contributed by atoms with Crippen molar-refractivity contribution in [2.75, 3.05) is 38.4 Å². The molecule has 212 valence electrons. The summed E-state index contributed by atoms with van der Waals surface area (Å²) in [5, 5.41) is 12.1. The van der Waals surface area contributed by atoms with E-state index in [-0.39, 0.29) is 12.6 Å². The zero-order valence-corrected chi connectivity index (χ0v) is 23.7. The first-order valence-electron chi connectivity index (χ1n) is 13.8. The minimum atomic E-state index is 0.250. The van der Waals surface area contributed by atoms with Crippen LogP contribution in [0.1, 0.15) is 57.1 Å². The van der Waals surface area contributed by atoms with E-state index in [1.807, 2.05) is 24.3 Å². The van der Waals surface area contributed by atoms with Crippen molar-refractivity contribution in [3.8, 4) is 5.75 Å². The third-order valence-electron chi connectivity index (χ3n) is 6.74. The van der Waals surface area contributed by atoms with Crippen LogP contribution in [0.4, 0.5) is 11.8 Å². The molecule has 0 atom stereocenters. The maximum Gasteiger partial charge on any atom is 0.222 e. The summed E-state index contributed by atoms with van der Waals surface area (Å²) in [4.78, 5) is 9.12. The van der Waals surface area contributed by atoms with Crippen LogP contribution >= 0.6 is 0 Å². The lowest BCUT2D eigenvalue weighted by molar-refractivity contribution is 0.0412. The smallest absolute Gasteiger partial charge is 0.222 e. The van der Waals surface area contributed by atoms with E-state index in [1.165, 1.54) is 19.3 Å². The summed E-state index contributed by atoms with van der Waals surface area (Å²) >= 11 is 0. The summed E-state index contributed by atoms with van der Waals surface area (Å²) in [5.41, 5.74) is 16.9. The van der Waals surface area contributed by atoms with Gasteiger partial charge in [0.1, 0.15) is 16.8 Å². The van der Waals surface area contributed by atoms with Gasteiger partial charge < -0.3 is 35.9 Å². The van der Waals surface area contributed by atoms with Crippen LogP contribution in [0.2, 0.25) is 0 Å². The van der Waals surface area contributed by atoms with Gasteiger partial charge in [-0.1, -0.05) is 37.6 Å². The lowest BCUT2D eigenvalue weighted by Crippen LogP contribution is -2.18. The fourth-order valence-corrected chi connectivity index (χ4v) is 4.48. The van der Waals surface area contributed by atoms with Crippen LogP contribution in [0.3, 0.4) is 0 Å². The molecule has 0 aliphatic heterocycles. The van der Waals surface area contributed by atoms with E-state index >= 15 is 0 Å². The van der Waals surface area contributed by atoms with E-state index < -0.39 is 0 Å². The first-order chi connectivity index (χ1) is 19.0. The number of fused-ring (bicyclic) bond motifs is 3. The Labute approximate surface area is 231 Å². The molecule has 0 saturated heterocycles. The summed E-state index contributed by atoms with van der Waals surface area (Å²) in [6.07, 6.45) is 6.72. The number of anilines is 2. The molecule has 6 N–H and O–H groups in total. The molecule has 0 bridgehead atoms. The lowest BCUT2D eigenvalue weighted by Gasteiger charge is -2.22. The van der Waals surface area contributed by atoms with Gasteiger partial charge in [-0.25, -0.2) is 4.98 Å². The number of nitrogens with two attached hydrogens (primary N) is 2. The molecule has 0 radical (unpaired) electrons. The van der Waals surface area contributed by atoms with E-state index in [2.05, 4.69) is 45.0 Å². The number of aliphatic hydroxyl groups is 1. The highest BCUT2D eigenvalue weighted by molar-refractivity contribution is 6.09. The summed E-state index contributed by atoms with van der Waals surface area (Å²) in [7, 11) is 3.47. The Morgan fingerprint density at radius 1 is 1.10 bits per heavy atom. The largest absolute Gasteiger partial charge is 0.496 e. The maximum atomic E-state index is 7.57. The standard InChI is InChI=1S/C23H28N6O.C5H10O.C2H6O/c1-3-4-11-26-22-21-20(27-23(25)28-22)17-7-5-6-8-18(17)29(21)14-16-12-15(13-24)9-10-19(16)30-2;1-6-5-3-2-4-5;1-2-3/h5-10,12H,3-4,11,13-14,24H2,1-2H3,(H3,25,26,27,28);5H,2-4H2,1H3;3H,2H2,1H3. The number of nitrogen functional groups attached to an aromatic ring is 1. The molecule has 0 unspecified atom stereocenters. The van der Waals surface area contributed by atoms with E-state index in [4.69, 9.17) is 26.0 Å². The van der Waals surface area contributed by atoms with Gasteiger partial charge in [0.05, 0.1) is 25.3 Å². The van der Waals surface area contributed by atoms with Crippen molar-refractivity contribution < 1.29 is 14.6 Å². The molecule has 2 aromatic carbocycles. The predicted molar refractivity (Wildman–Crippen MR) is 160 cm³/mol. The van der Waals surface area contributed by atoms with Crippen molar-refractivity contribution in [2.45, 2.75) is 65.1 Å². The van der Waals surface area contributed by atoms with Gasteiger partial charge in [-0.15, -0.1) is 0 Å². The summed E-state index contributed by atoms with van der Waals surface area (Å²) < 4.78 is 12.8. The number of nitrogens with one attached hydrogen (secondary N) is 1. The number of unbranched alkanes of at least 4 members (excludes halogenated alkanes) is 1. The number of para-hydroxylation sites is 1. The Kier molecular flexibility index (Phi) is 11.8. The second-order valence-electron chi connectivity index (χ2n) is 9.47. The predicted octanol–water partition coefficient (Wildman–Crippen LogP) is 5.08. The number of methoxy groups -OCH3 is 2. The molecule has 9 heteroatoms. The van der Waals surface area contributed by atoms with Crippen molar-refractivity contribution in [1.29, 1.82) is 0 Å². The number of benzene rings is 2. The zero-order chi connectivity index (χ0) is 28.2. The first-order valence-corrected chi connectivity index (χ1v) is 13.8. The molecule has 1 saturated carbocycles. The van der Waals surface area contributed by atoms with Crippen LogP contribution in [0.15, 0.2) is 42.5 Å². The quantitative estimate of drug-likeness (QED) is 0.218. The summed E-state index contributed by atoms with van der Waals surface area (Å²) in [5.74, 6) is 1.86. The Morgan fingerprint density at radius 3 is 2.44 bits per heavy atom. The maximum absolute atomic E-state index is 7.57. The molecular weight excluding hydrogens is 492 g/mol. The van der Waals surface area contributed by atoms with Crippen molar-refractivity contribution in [3.63, 3.8) is 0 Å². The number of hydrogen-bond acceptors (Lipinski definition) is 8. The summed E-state index contributed by atoms with van der Waals surface area (Å²) in [6, 6.07) is 14.3. The van der Waals surface area contributed by atoms with Gasteiger partial charge in [0.15, 0.2) is 5.82 Å². The molecule has 1 aliphatic carbocycles. The molecule has 5 rings (SSSR count). The minimum absolute atomic E-state index is 0.250. The van der Waals surface area contributed by atoms with Crippen LogP contribution in [0.5, 0.6) is 5.75 Å². The zero-order valence-electron chi connectivity index (χ0n) is 23.7. The molecule has 39 heavy (non-hydrogen) atoms. The molecule has 2 aromatic heterocycles. The molecule has 0 spiro atoms. The van der Waals surface area contributed by atoms with E-state index in [1.54, 1.807) is 21.1 Å². The number of aromatic nitrogens is 3. The van der Waals surface area contributed by atoms with Crippen molar-refractivity contribution in [1.82, 2.24) is 14.5 Å². The molecule has 1 fully saturated rings. The third kappa shape index (κ3) is 7.59. The number of rotatable bonds is 9. The van der Waals surface area contributed by atoms with Gasteiger partial charge in [0.25, 0.3) is 0 Å². The SMILES string of the molecule is CCCCNc1nc(N)nc2c3ccccc3n(Cc3cc(CN)ccc3OC)c12.CCO.COC1CCC1. The Morgan fingerprint density at radius 2 is 1.85 bits per heavy atom. The molecule has 9 nitrogen and oxygen atoms in total. The Balaban J connectivity index is 0.000000400. The van der Waals surface area contributed by atoms with Gasteiger partial charge >= 0.3 is 0 Å². The van der Waals surface area contributed by atoms with Gasteiger partial charge in [0, 0.05) is 37.8 Å². The Bertz CT molecular complexity index is 1320. The van der Waals surface area contributed by atoms with E-state index in [0.717, 1.165) is 64.0 Å². The van der Waals surface area contributed by atoms with Gasteiger partial charge in [-0.2, -0.15) is 4.98 Å². The normalized spacial score (nSPS) is 12.8. The second kappa shape index (κ2) is 15.3. The molecule has 1 aliphatic rings. The third-order valence-corrected chi connectivity index (χ3v) is 6.74. The van der Waals surface area contributed by atoms with Gasteiger partial charge in [0.2, 0.25) is 5.95 Å². The molecule has 2 heterocycles. The highest BCUT2D eigenvalue weighted by Gasteiger charge is 2.19. The number of ether oxygens (including phenoxy) is 2. The summed E-state index contributed by atoms with van der Waals surface area (Å²) in [6.45, 7) is 6.01. The van der Waals surface area contributed by atoms with Gasteiger partial charge in [-0.3, -0.25) is 0 Å². The Hall–Kier alpha value is -3.40. The van der Waals surface area contributed by atoms with Crippen LogP contribution < -0.4 is 21.5 Å². The number of hydrogen-bond donors (Lipinski definition) is 4. The van der Waals surface area contributed by atoms with Crippen LogP contribution in [-0.2, 0) is 17.8 Å². The van der Waals surface area contributed by atoms with Crippen LogP contribution in [0, 0.1) is 0 Å². The van der Waals surface area contributed by atoms with E-state index in [9.17, 15) is 0 Å². The average molecular weight is 537 g/mol. The molecule has 0 amide bonds. The number of nitrogens with zero attached hydrogens (tertiary/aromatic N) is 3. The minimum Gasteiger partial charge on any atom is -0.496 e. The van der Waals surface area contributed by atoms with E-state index in [0.29, 0.717) is 19.2 Å². The highest BCUT2D eigenvalue weighted by Crippen LogP contribution is 2.34.